The van der Waals surface area contributed by atoms with Gasteiger partial charge < -0.3 is 15.2 Å². The minimum absolute atomic E-state index is 0.411. The highest BCUT2D eigenvalue weighted by Crippen LogP contribution is 2.24. The molecule has 0 unspecified atom stereocenters. The molecule has 4 heteroatoms. The molecule has 1 rings (SSSR count). The first-order valence-electron chi connectivity index (χ1n) is 5.89. The average Bonchev–Trinajstić information content (AvgIpc) is 2.34. The summed E-state index contributed by atoms with van der Waals surface area (Å²) in [6.45, 7) is 4.29. The van der Waals surface area contributed by atoms with Crippen molar-refractivity contribution >= 4 is 11.7 Å². The second-order valence-electron chi connectivity index (χ2n) is 3.97. The van der Waals surface area contributed by atoms with Crippen molar-refractivity contribution in [2.75, 3.05) is 19.0 Å². The number of methoxy groups -OCH3 is 1. The van der Waals surface area contributed by atoms with E-state index in [9.17, 15) is 4.79 Å². The predicted molar refractivity (Wildman–Crippen MR) is 72.2 cm³/mol. The highest BCUT2D eigenvalue weighted by Gasteiger charge is 2.04. The lowest BCUT2D eigenvalue weighted by Crippen LogP contribution is -2.05. The van der Waals surface area contributed by atoms with Crippen molar-refractivity contribution < 1.29 is 14.6 Å². The van der Waals surface area contributed by atoms with E-state index >= 15 is 0 Å². The Balaban J connectivity index is 2.74. The highest BCUT2D eigenvalue weighted by molar-refractivity contribution is 5.86. The highest BCUT2D eigenvalue weighted by atomic mass is 16.5. The van der Waals surface area contributed by atoms with Gasteiger partial charge in [-0.05, 0) is 31.0 Å². The normalized spacial score (nSPS) is 11.2. The number of ether oxygens (including phenoxy) is 1. The molecule has 0 amide bonds. The van der Waals surface area contributed by atoms with Gasteiger partial charge in [-0.15, -0.1) is 0 Å². The minimum Gasteiger partial charge on any atom is -0.495 e. The lowest BCUT2D eigenvalue weighted by molar-refractivity contribution is -0.132. The molecule has 0 aromatic heterocycles. The lowest BCUT2D eigenvalue weighted by Gasteiger charge is -2.10. The molecule has 2 N–H and O–H groups in total. The number of rotatable bonds is 6. The van der Waals surface area contributed by atoms with Crippen LogP contribution in [0.15, 0.2) is 29.8 Å². The van der Waals surface area contributed by atoms with Crippen LogP contribution in [-0.2, 0) is 4.79 Å². The van der Waals surface area contributed by atoms with Crippen LogP contribution in [-0.4, -0.2) is 24.7 Å². The molecule has 0 atom stereocenters. The lowest BCUT2D eigenvalue weighted by atomic mass is 10.2. The van der Waals surface area contributed by atoms with E-state index in [-0.39, 0.29) is 0 Å². The van der Waals surface area contributed by atoms with E-state index in [1.165, 1.54) is 0 Å². The Bertz CT molecular complexity index is 452. The molecule has 0 radical (unpaired) electrons. The number of aliphatic carboxylic acids is 1. The van der Waals surface area contributed by atoms with Gasteiger partial charge in [0.15, 0.2) is 0 Å². The molecule has 1 aromatic rings. The van der Waals surface area contributed by atoms with E-state index in [2.05, 4.69) is 5.32 Å². The van der Waals surface area contributed by atoms with E-state index in [0.717, 1.165) is 17.0 Å². The van der Waals surface area contributed by atoms with Crippen LogP contribution < -0.4 is 10.1 Å². The number of aryl methyl sites for hydroxylation is 1. The molecule has 0 fully saturated rings. The Labute approximate surface area is 107 Å². The van der Waals surface area contributed by atoms with E-state index in [1.807, 2.05) is 32.0 Å². The maximum atomic E-state index is 10.8. The smallest absolute Gasteiger partial charge is 0.331 e. The molecule has 0 aliphatic carbocycles. The number of carboxylic acid groups (broad SMARTS) is 1. The summed E-state index contributed by atoms with van der Waals surface area (Å²) in [5.74, 6) is -0.113. The molecule has 0 saturated carbocycles. The first-order valence-corrected chi connectivity index (χ1v) is 5.89. The zero-order valence-electron chi connectivity index (χ0n) is 11.0. The average molecular weight is 249 g/mol. The topological polar surface area (TPSA) is 58.6 Å². The summed E-state index contributed by atoms with van der Waals surface area (Å²) in [6.07, 6.45) is 2.20. The Hall–Kier alpha value is -1.97. The molecule has 0 spiro atoms. The van der Waals surface area contributed by atoms with E-state index in [1.54, 1.807) is 13.2 Å². The summed E-state index contributed by atoms with van der Waals surface area (Å²) in [5, 5.41) is 12.1. The number of hydrogen-bond donors (Lipinski definition) is 2. The van der Waals surface area contributed by atoms with Crippen molar-refractivity contribution in [3.63, 3.8) is 0 Å². The summed E-state index contributed by atoms with van der Waals surface area (Å²) in [6, 6.07) is 5.83. The molecule has 0 bridgehead atoms. The monoisotopic (exact) mass is 249 g/mol. The van der Waals surface area contributed by atoms with Crippen molar-refractivity contribution in [3.05, 3.63) is 35.4 Å². The summed E-state index contributed by atoms with van der Waals surface area (Å²) in [7, 11) is 1.61. The number of carboxylic acids is 1. The quantitative estimate of drug-likeness (QED) is 0.761. The van der Waals surface area contributed by atoms with Crippen molar-refractivity contribution in [1.29, 1.82) is 0 Å². The maximum Gasteiger partial charge on any atom is 0.331 e. The third-order valence-corrected chi connectivity index (χ3v) is 2.65. The minimum atomic E-state index is -0.865. The molecule has 0 saturated heterocycles. The van der Waals surface area contributed by atoms with Crippen molar-refractivity contribution in [2.24, 2.45) is 0 Å². The summed E-state index contributed by atoms with van der Waals surface area (Å²) >= 11 is 0. The third-order valence-electron chi connectivity index (χ3n) is 2.65. The van der Waals surface area contributed by atoms with Gasteiger partial charge in [0.1, 0.15) is 5.75 Å². The van der Waals surface area contributed by atoms with Gasteiger partial charge in [-0.3, -0.25) is 0 Å². The van der Waals surface area contributed by atoms with E-state index in [0.29, 0.717) is 18.5 Å². The van der Waals surface area contributed by atoms with Crippen LogP contribution >= 0.6 is 0 Å². The molecule has 98 valence electrons. The molecule has 0 heterocycles. The standard InChI is InChI=1S/C14H19NO3/c1-4-11(14(16)17)7-8-15-12-9-10(2)5-6-13(12)18-3/h5-7,9,15H,4,8H2,1-3H3,(H,16,17)/b11-7-. The second kappa shape index (κ2) is 6.69. The van der Waals surface area contributed by atoms with Crippen molar-refractivity contribution in [1.82, 2.24) is 0 Å². The van der Waals surface area contributed by atoms with Gasteiger partial charge in [-0.2, -0.15) is 0 Å². The molecule has 4 nitrogen and oxygen atoms in total. The second-order valence-corrected chi connectivity index (χ2v) is 3.97. The SMILES string of the molecule is CC/C(=C/CNc1cc(C)ccc1OC)C(=O)O. The van der Waals surface area contributed by atoms with Crippen molar-refractivity contribution in [2.45, 2.75) is 20.3 Å². The third kappa shape index (κ3) is 3.80. The number of hydrogen-bond acceptors (Lipinski definition) is 3. The van der Waals surface area contributed by atoms with Crippen LogP contribution in [0.25, 0.3) is 0 Å². The van der Waals surface area contributed by atoms with Gasteiger partial charge in [-0.25, -0.2) is 4.79 Å². The van der Waals surface area contributed by atoms with Gasteiger partial charge in [0, 0.05) is 12.1 Å². The van der Waals surface area contributed by atoms with Gasteiger partial charge in [0.25, 0.3) is 0 Å². The summed E-state index contributed by atoms with van der Waals surface area (Å²) in [5.41, 5.74) is 2.40. The fourth-order valence-electron chi connectivity index (χ4n) is 1.63. The van der Waals surface area contributed by atoms with Gasteiger partial charge in [-0.1, -0.05) is 19.1 Å². The Kier molecular flexibility index (Phi) is 5.24. The largest absolute Gasteiger partial charge is 0.495 e. The number of benzene rings is 1. The molecule has 18 heavy (non-hydrogen) atoms. The van der Waals surface area contributed by atoms with Crippen LogP contribution in [0.1, 0.15) is 18.9 Å². The number of anilines is 1. The van der Waals surface area contributed by atoms with E-state index < -0.39 is 5.97 Å². The predicted octanol–water partition coefficient (Wildman–Crippen LogP) is 2.84. The number of nitrogens with one attached hydrogen (secondary N) is 1. The van der Waals surface area contributed by atoms with Crippen LogP contribution in [0, 0.1) is 6.92 Å². The van der Waals surface area contributed by atoms with Crippen LogP contribution in [0.4, 0.5) is 5.69 Å². The fraction of sp³-hybridized carbons (Fsp3) is 0.357. The Morgan fingerprint density at radius 2 is 2.22 bits per heavy atom. The van der Waals surface area contributed by atoms with Gasteiger partial charge in [0.05, 0.1) is 12.8 Å². The summed E-state index contributed by atoms with van der Waals surface area (Å²) < 4.78 is 5.23. The first-order chi connectivity index (χ1) is 8.58. The zero-order chi connectivity index (χ0) is 13.5. The molecule has 1 aromatic carbocycles. The molecular formula is C14H19NO3. The number of carbonyl (C=O) groups is 1. The van der Waals surface area contributed by atoms with Gasteiger partial charge in [0.2, 0.25) is 0 Å². The Morgan fingerprint density at radius 3 is 2.78 bits per heavy atom. The Morgan fingerprint density at radius 1 is 1.50 bits per heavy atom. The first kappa shape index (κ1) is 14.1. The van der Waals surface area contributed by atoms with Crippen LogP contribution in [0.2, 0.25) is 0 Å². The maximum absolute atomic E-state index is 10.8. The fourth-order valence-corrected chi connectivity index (χ4v) is 1.63. The van der Waals surface area contributed by atoms with Crippen LogP contribution in [0.3, 0.4) is 0 Å². The van der Waals surface area contributed by atoms with Crippen molar-refractivity contribution in [3.8, 4) is 5.75 Å². The zero-order valence-corrected chi connectivity index (χ0v) is 11.0. The molecular weight excluding hydrogens is 230 g/mol. The van der Waals surface area contributed by atoms with Crippen LogP contribution in [0.5, 0.6) is 5.75 Å². The van der Waals surface area contributed by atoms with Gasteiger partial charge >= 0.3 is 5.97 Å². The molecule has 0 aliphatic rings. The van der Waals surface area contributed by atoms with E-state index in [4.69, 9.17) is 9.84 Å². The molecule has 0 aliphatic heterocycles. The summed E-state index contributed by atoms with van der Waals surface area (Å²) in [4.78, 5) is 10.8.